The molecule has 19 heavy (non-hydrogen) atoms. The van der Waals surface area contributed by atoms with Gasteiger partial charge in [0.15, 0.2) is 0 Å². The van der Waals surface area contributed by atoms with Crippen molar-refractivity contribution in [3.8, 4) is 0 Å². The van der Waals surface area contributed by atoms with Crippen LogP contribution in [-0.4, -0.2) is 20.6 Å². The van der Waals surface area contributed by atoms with E-state index in [1.54, 1.807) is 5.38 Å². The molecule has 3 aromatic rings. The highest BCUT2D eigenvalue weighted by molar-refractivity contribution is 7.11. The van der Waals surface area contributed by atoms with Crippen LogP contribution in [0.5, 0.6) is 0 Å². The zero-order chi connectivity index (χ0) is 13.4. The molecule has 1 aromatic carbocycles. The van der Waals surface area contributed by atoms with E-state index in [0.29, 0.717) is 11.6 Å². The molecular formula is C13H9ClN2O2S. The summed E-state index contributed by atoms with van der Waals surface area (Å²) in [5, 5.41) is 12.5. The number of carbonyl (C=O) groups is 1. The van der Waals surface area contributed by atoms with Crippen LogP contribution in [0.4, 0.5) is 0 Å². The van der Waals surface area contributed by atoms with E-state index in [1.807, 2.05) is 35.0 Å². The molecule has 6 heteroatoms. The molecule has 4 nitrogen and oxygen atoms in total. The number of carboxylic acids is 1. The number of hydrogen-bond acceptors (Lipinski definition) is 3. The van der Waals surface area contributed by atoms with Gasteiger partial charge in [0.25, 0.3) is 0 Å². The first-order valence-corrected chi connectivity index (χ1v) is 6.81. The van der Waals surface area contributed by atoms with Crippen LogP contribution >= 0.6 is 22.9 Å². The van der Waals surface area contributed by atoms with Crippen LogP contribution in [0.25, 0.3) is 10.9 Å². The number of thiazole rings is 1. The molecule has 0 spiro atoms. The van der Waals surface area contributed by atoms with Gasteiger partial charge in [0.05, 0.1) is 12.2 Å². The fourth-order valence-corrected chi connectivity index (χ4v) is 2.76. The Balaban J connectivity index is 1.96. The summed E-state index contributed by atoms with van der Waals surface area (Å²) >= 11 is 7.13. The molecule has 96 valence electrons. The van der Waals surface area contributed by atoms with E-state index in [1.165, 1.54) is 0 Å². The number of aromatic nitrogens is 2. The normalized spacial score (nSPS) is 11.0. The van der Waals surface area contributed by atoms with Crippen molar-refractivity contribution in [1.82, 2.24) is 9.55 Å². The average Bonchev–Trinajstić information content (AvgIpc) is 2.98. The molecule has 0 aliphatic carbocycles. The minimum atomic E-state index is -0.989. The van der Waals surface area contributed by atoms with Crippen molar-refractivity contribution >= 4 is 39.8 Å². The molecule has 0 unspecified atom stereocenters. The summed E-state index contributed by atoms with van der Waals surface area (Å²) in [6, 6.07) is 7.69. The van der Waals surface area contributed by atoms with Gasteiger partial charge in [-0.3, -0.25) is 0 Å². The summed E-state index contributed by atoms with van der Waals surface area (Å²) in [5.41, 5.74) is 1.75. The fraction of sp³-hybridized carbons (Fsp3) is 0.0769. The van der Waals surface area contributed by atoms with Crippen molar-refractivity contribution in [2.75, 3.05) is 0 Å². The van der Waals surface area contributed by atoms with Crippen molar-refractivity contribution in [1.29, 1.82) is 0 Å². The maximum atomic E-state index is 10.8. The number of benzene rings is 1. The van der Waals surface area contributed by atoms with Crippen LogP contribution in [-0.2, 0) is 6.54 Å². The summed E-state index contributed by atoms with van der Waals surface area (Å²) in [4.78, 5) is 14.9. The van der Waals surface area contributed by atoms with Crippen LogP contribution in [0.2, 0.25) is 5.02 Å². The van der Waals surface area contributed by atoms with Gasteiger partial charge in [-0.25, -0.2) is 9.78 Å². The number of aromatic carboxylic acids is 1. The van der Waals surface area contributed by atoms with Gasteiger partial charge in [0, 0.05) is 22.1 Å². The van der Waals surface area contributed by atoms with E-state index in [-0.39, 0.29) is 5.01 Å². The van der Waals surface area contributed by atoms with Gasteiger partial charge in [-0.1, -0.05) is 17.7 Å². The lowest BCUT2D eigenvalue weighted by atomic mass is 10.2. The van der Waals surface area contributed by atoms with Crippen molar-refractivity contribution in [3.63, 3.8) is 0 Å². The second kappa shape index (κ2) is 4.68. The van der Waals surface area contributed by atoms with Crippen molar-refractivity contribution in [2.45, 2.75) is 6.54 Å². The minimum absolute atomic E-state index is 0.115. The molecule has 2 aromatic heterocycles. The van der Waals surface area contributed by atoms with E-state index in [9.17, 15) is 4.79 Å². The standard InChI is InChI=1S/C13H9ClN2O2S/c14-9-2-1-8-3-4-16(11(8)5-9)6-10-7-19-12(15-10)13(17)18/h1-5,7H,6H2,(H,17,18). The summed E-state index contributed by atoms with van der Waals surface area (Å²) in [5.74, 6) is -0.989. The van der Waals surface area contributed by atoms with Gasteiger partial charge in [0.1, 0.15) is 0 Å². The number of halogens is 1. The molecule has 0 saturated heterocycles. The first-order chi connectivity index (χ1) is 9.13. The molecule has 0 fully saturated rings. The van der Waals surface area contributed by atoms with E-state index < -0.39 is 5.97 Å². The van der Waals surface area contributed by atoms with E-state index >= 15 is 0 Å². The first-order valence-electron chi connectivity index (χ1n) is 5.55. The van der Waals surface area contributed by atoms with Crippen molar-refractivity contribution < 1.29 is 9.90 Å². The van der Waals surface area contributed by atoms with Gasteiger partial charge < -0.3 is 9.67 Å². The van der Waals surface area contributed by atoms with Gasteiger partial charge in [-0.2, -0.15) is 0 Å². The van der Waals surface area contributed by atoms with Gasteiger partial charge in [-0.15, -0.1) is 11.3 Å². The summed E-state index contributed by atoms with van der Waals surface area (Å²) < 4.78 is 2.00. The Hall–Kier alpha value is -1.85. The summed E-state index contributed by atoms with van der Waals surface area (Å²) in [6.45, 7) is 0.535. The Labute approximate surface area is 117 Å². The topological polar surface area (TPSA) is 55.1 Å². The van der Waals surface area contributed by atoms with Crippen molar-refractivity contribution in [3.05, 3.63) is 51.6 Å². The summed E-state index contributed by atoms with van der Waals surface area (Å²) in [7, 11) is 0. The molecule has 3 rings (SSSR count). The third-order valence-corrected chi connectivity index (χ3v) is 3.92. The smallest absolute Gasteiger partial charge is 0.365 e. The molecule has 0 radical (unpaired) electrons. The largest absolute Gasteiger partial charge is 0.476 e. The quantitative estimate of drug-likeness (QED) is 0.804. The maximum absolute atomic E-state index is 10.8. The van der Waals surface area contributed by atoms with Gasteiger partial charge >= 0.3 is 5.97 Å². The Bertz CT molecular complexity index is 763. The number of hydrogen-bond donors (Lipinski definition) is 1. The van der Waals surface area contributed by atoms with Crippen LogP contribution in [0.15, 0.2) is 35.8 Å². The lowest BCUT2D eigenvalue weighted by molar-refractivity contribution is 0.0696. The van der Waals surface area contributed by atoms with Crippen LogP contribution < -0.4 is 0 Å². The lowest BCUT2D eigenvalue weighted by Gasteiger charge is -2.03. The van der Waals surface area contributed by atoms with E-state index in [4.69, 9.17) is 16.7 Å². The van der Waals surface area contributed by atoms with Crippen LogP contribution in [0, 0.1) is 0 Å². The predicted molar refractivity (Wildman–Crippen MR) is 75.1 cm³/mol. The fourth-order valence-electron chi connectivity index (χ4n) is 1.95. The molecule has 0 aliphatic heterocycles. The monoisotopic (exact) mass is 292 g/mol. The number of rotatable bonds is 3. The number of fused-ring (bicyclic) bond motifs is 1. The Morgan fingerprint density at radius 3 is 3.00 bits per heavy atom. The molecular weight excluding hydrogens is 284 g/mol. The maximum Gasteiger partial charge on any atom is 0.365 e. The third-order valence-electron chi connectivity index (χ3n) is 2.80. The highest BCUT2D eigenvalue weighted by Crippen LogP contribution is 2.22. The highest BCUT2D eigenvalue weighted by atomic mass is 35.5. The summed E-state index contributed by atoms with van der Waals surface area (Å²) in [6.07, 6.45) is 1.95. The molecule has 0 atom stereocenters. The van der Waals surface area contributed by atoms with Crippen LogP contribution in [0.3, 0.4) is 0 Å². The molecule has 0 aliphatic rings. The molecule has 2 heterocycles. The third kappa shape index (κ3) is 2.34. The van der Waals surface area contributed by atoms with Crippen molar-refractivity contribution in [2.24, 2.45) is 0 Å². The second-order valence-corrected chi connectivity index (χ2v) is 5.39. The second-order valence-electron chi connectivity index (χ2n) is 4.10. The Morgan fingerprint density at radius 2 is 2.26 bits per heavy atom. The highest BCUT2D eigenvalue weighted by Gasteiger charge is 2.10. The van der Waals surface area contributed by atoms with Gasteiger partial charge in [0.2, 0.25) is 5.01 Å². The molecule has 0 amide bonds. The van der Waals surface area contributed by atoms with Crippen LogP contribution in [0.1, 0.15) is 15.5 Å². The van der Waals surface area contributed by atoms with E-state index in [2.05, 4.69) is 4.98 Å². The minimum Gasteiger partial charge on any atom is -0.476 e. The lowest BCUT2D eigenvalue weighted by Crippen LogP contribution is -2.00. The SMILES string of the molecule is O=C(O)c1nc(Cn2ccc3ccc(Cl)cc32)cs1. The zero-order valence-corrected chi connectivity index (χ0v) is 11.3. The first kappa shape index (κ1) is 12.2. The molecule has 0 bridgehead atoms. The number of nitrogens with zero attached hydrogens (tertiary/aromatic N) is 2. The molecule has 0 saturated carbocycles. The Morgan fingerprint density at radius 1 is 1.42 bits per heavy atom. The number of carboxylic acid groups (broad SMARTS) is 1. The zero-order valence-electron chi connectivity index (χ0n) is 9.71. The molecule has 1 N–H and O–H groups in total. The average molecular weight is 293 g/mol. The predicted octanol–water partition coefficient (Wildman–Crippen LogP) is 3.50. The van der Waals surface area contributed by atoms with Gasteiger partial charge in [-0.05, 0) is 23.6 Å². The van der Waals surface area contributed by atoms with E-state index in [0.717, 1.165) is 27.9 Å². The Kier molecular flexibility index (Phi) is 3.00.